The maximum absolute atomic E-state index is 12.0. The summed E-state index contributed by atoms with van der Waals surface area (Å²) >= 11 is 1.46. The third-order valence-corrected chi connectivity index (χ3v) is 5.77. The lowest BCUT2D eigenvalue weighted by Crippen LogP contribution is -2.15. The minimum absolute atomic E-state index is 0.148. The number of nitrogens with zero attached hydrogens (tertiary/aromatic N) is 2. The lowest BCUT2D eigenvalue weighted by atomic mass is 9.96. The first-order chi connectivity index (χ1) is 12.6. The maximum atomic E-state index is 12.0. The van der Waals surface area contributed by atoms with Gasteiger partial charge in [0.05, 0.1) is 22.2 Å². The smallest absolute Gasteiger partial charge is 0.231 e. The zero-order valence-electron chi connectivity index (χ0n) is 14.8. The number of carbonyl (C=O) groups excluding carboxylic acids is 1. The van der Waals surface area contributed by atoms with Crippen LogP contribution in [0.15, 0.2) is 30.5 Å². The Hall–Kier alpha value is -2.31. The number of hydrogen-bond donors (Lipinski definition) is 2. The van der Waals surface area contributed by atoms with Gasteiger partial charge in [-0.05, 0) is 48.6 Å². The van der Waals surface area contributed by atoms with Gasteiger partial charge in [-0.15, -0.1) is 0 Å². The molecule has 134 valence electrons. The molecule has 1 aliphatic carbocycles. The van der Waals surface area contributed by atoms with E-state index in [2.05, 4.69) is 47.3 Å². The van der Waals surface area contributed by atoms with Crippen molar-refractivity contribution in [3.8, 4) is 11.1 Å². The van der Waals surface area contributed by atoms with Crippen molar-refractivity contribution in [1.29, 1.82) is 0 Å². The summed E-state index contributed by atoms with van der Waals surface area (Å²) < 4.78 is 1.03. The van der Waals surface area contributed by atoms with Crippen LogP contribution < -0.4 is 5.32 Å². The van der Waals surface area contributed by atoms with Gasteiger partial charge >= 0.3 is 0 Å². The van der Waals surface area contributed by atoms with Crippen LogP contribution in [0.25, 0.3) is 21.3 Å². The first-order valence-corrected chi connectivity index (χ1v) is 9.79. The molecule has 0 bridgehead atoms. The van der Waals surface area contributed by atoms with Gasteiger partial charge in [-0.25, -0.2) is 4.98 Å². The monoisotopic (exact) mass is 367 g/mol. The Labute approximate surface area is 156 Å². The number of hydrogen-bond acceptors (Lipinski definition) is 5. The summed E-state index contributed by atoms with van der Waals surface area (Å²) in [7, 11) is 0. The highest BCUT2D eigenvalue weighted by atomic mass is 32.1. The Bertz CT molecular complexity index is 960. The summed E-state index contributed by atoms with van der Waals surface area (Å²) in [6, 6.07) is 8.28. The SMILES string of the molecule is CCc1ccnc(CC)c1-c1ccc2nc(NC(=O)[C@@H]3C[C@@H]3O)sc2c1. The molecule has 1 aliphatic rings. The van der Waals surface area contributed by atoms with Gasteiger partial charge in [0.2, 0.25) is 5.91 Å². The molecule has 6 heteroatoms. The van der Waals surface area contributed by atoms with Crippen molar-refractivity contribution in [2.24, 2.45) is 5.92 Å². The van der Waals surface area contributed by atoms with Crippen LogP contribution in [-0.4, -0.2) is 27.1 Å². The average molecular weight is 367 g/mol. The van der Waals surface area contributed by atoms with Crippen molar-refractivity contribution in [3.63, 3.8) is 0 Å². The van der Waals surface area contributed by atoms with E-state index in [0.29, 0.717) is 11.6 Å². The predicted molar refractivity (Wildman–Crippen MR) is 104 cm³/mol. The lowest BCUT2D eigenvalue weighted by Gasteiger charge is -2.12. The van der Waals surface area contributed by atoms with Gasteiger partial charge < -0.3 is 10.4 Å². The molecule has 2 heterocycles. The number of amides is 1. The Morgan fingerprint density at radius 2 is 2.12 bits per heavy atom. The van der Waals surface area contributed by atoms with Gasteiger partial charge in [0.25, 0.3) is 0 Å². The quantitative estimate of drug-likeness (QED) is 0.719. The molecule has 1 saturated carbocycles. The number of thiazole rings is 1. The standard InChI is InChI=1S/C20H21N3O2S/c1-3-11-7-8-21-14(4-2)18(11)12-5-6-15-17(9-12)26-20(22-15)23-19(25)13-10-16(13)24/h5-9,13,16,24H,3-4,10H2,1-2H3,(H,22,23,25)/t13-,16+/m1/s1. The average Bonchev–Trinajstić information content (AvgIpc) is 3.25. The molecule has 0 saturated heterocycles. The third-order valence-electron chi connectivity index (χ3n) is 4.83. The van der Waals surface area contributed by atoms with Crippen molar-refractivity contribution in [2.45, 2.75) is 39.2 Å². The second kappa shape index (κ2) is 6.78. The van der Waals surface area contributed by atoms with Gasteiger partial charge in [-0.1, -0.05) is 31.3 Å². The van der Waals surface area contributed by atoms with Crippen molar-refractivity contribution in [3.05, 3.63) is 41.7 Å². The van der Waals surface area contributed by atoms with E-state index in [9.17, 15) is 9.90 Å². The maximum Gasteiger partial charge on any atom is 0.231 e. The summed E-state index contributed by atoms with van der Waals surface area (Å²) in [5, 5.41) is 12.8. The highest BCUT2D eigenvalue weighted by molar-refractivity contribution is 7.22. The van der Waals surface area contributed by atoms with E-state index in [-0.39, 0.29) is 11.8 Å². The van der Waals surface area contributed by atoms with E-state index in [4.69, 9.17) is 0 Å². The number of anilines is 1. The van der Waals surface area contributed by atoms with Crippen molar-refractivity contribution >= 4 is 32.6 Å². The van der Waals surface area contributed by atoms with Crippen LogP contribution in [-0.2, 0) is 17.6 Å². The van der Waals surface area contributed by atoms with Crippen LogP contribution >= 0.6 is 11.3 Å². The molecule has 0 unspecified atom stereocenters. The topological polar surface area (TPSA) is 75.1 Å². The summed E-state index contributed by atoms with van der Waals surface area (Å²) in [6.45, 7) is 4.28. The van der Waals surface area contributed by atoms with E-state index in [1.807, 2.05) is 12.3 Å². The highest BCUT2D eigenvalue weighted by Gasteiger charge is 2.41. The molecule has 4 rings (SSSR count). The third kappa shape index (κ3) is 3.10. The number of aryl methyl sites for hydroxylation is 2. The van der Waals surface area contributed by atoms with Crippen LogP contribution in [0.4, 0.5) is 5.13 Å². The second-order valence-electron chi connectivity index (χ2n) is 6.60. The van der Waals surface area contributed by atoms with Crippen LogP contribution in [0.2, 0.25) is 0 Å². The van der Waals surface area contributed by atoms with E-state index < -0.39 is 6.10 Å². The normalized spacial score (nSPS) is 18.9. The summed E-state index contributed by atoms with van der Waals surface area (Å²) in [4.78, 5) is 21.0. The number of fused-ring (bicyclic) bond motifs is 1. The number of carbonyl (C=O) groups is 1. The molecule has 0 radical (unpaired) electrons. The molecule has 26 heavy (non-hydrogen) atoms. The molecule has 2 aromatic heterocycles. The zero-order chi connectivity index (χ0) is 18.3. The largest absolute Gasteiger partial charge is 0.392 e. The van der Waals surface area contributed by atoms with E-state index in [1.165, 1.54) is 22.5 Å². The van der Waals surface area contributed by atoms with E-state index in [1.54, 1.807) is 0 Å². The van der Waals surface area contributed by atoms with Gasteiger partial charge in [0.1, 0.15) is 0 Å². The number of aliphatic hydroxyl groups is 1. The minimum Gasteiger partial charge on any atom is -0.392 e. The molecule has 5 nitrogen and oxygen atoms in total. The van der Waals surface area contributed by atoms with Crippen LogP contribution in [0.1, 0.15) is 31.5 Å². The molecule has 1 amide bonds. The van der Waals surface area contributed by atoms with E-state index in [0.717, 1.165) is 34.3 Å². The Morgan fingerprint density at radius 1 is 1.31 bits per heavy atom. The van der Waals surface area contributed by atoms with Crippen molar-refractivity contribution in [1.82, 2.24) is 9.97 Å². The number of pyridine rings is 1. The van der Waals surface area contributed by atoms with Crippen molar-refractivity contribution < 1.29 is 9.90 Å². The molecule has 2 atom stereocenters. The van der Waals surface area contributed by atoms with Gasteiger partial charge in [0.15, 0.2) is 5.13 Å². The molecular weight excluding hydrogens is 346 g/mol. The van der Waals surface area contributed by atoms with Gasteiger partial charge in [-0.3, -0.25) is 9.78 Å². The molecular formula is C20H21N3O2S. The molecule has 0 aliphatic heterocycles. The number of benzene rings is 1. The van der Waals surface area contributed by atoms with Crippen LogP contribution in [0.3, 0.4) is 0 Å². The highest BCUT2D eigenvalue weighted by Crippen LogP contribution is 2.35. The number of rotatable bonds is 5. The first-order valence-electron chi connectivity index (χ1n) is 8.97. The van der Waals surface area contributed by atoms with Gasteiger partial charge in [-0.2, -0.15) is 0 Å². The summed E-state index contributed by atoms with van der Waals surface area (Å²) in [6.07, 6.45) is 3.76. The van der Waals surface area contributed by atoms with Crippen molar-refractivity contribution in [2.75, 3.05) is 5.32 Å². The van der Waals surface area contributed by atoms with E-state index >= 15 is 0 Å². The number of aromatic nitrogens is 2. The predicted octanol–water partition coefficient (Wildman–Crippen LogP) is 3.80. The number of nitrogens with one attached hydrogen (secondary N) is 1. The second-order valence-corrected chi connectivity index (χ2v) is 7.63. The molecule has 1 fully saturated rings. The van der Waals surface area contributed by atoms with Crippen LogP contribution in [0.5, 0.6) is 0 Å². The summed E-state index contributed by atoms with van der Waals surface area (Å²) in [5.74, 6) is -0.433. The van der Waals surface area contributed by atoms with Gasteiger partial charge in [0, 0.05) is 17.5 Å². The Kier molecular flexibility index (Phi) is 4.46. The molecule has 0 spiro atoms. The fraction of sp³-hybridized carbons (Fsp3) is 0.350. The fourth-order valence-corrected chi connectivity index (χ4v) is 4.17. The Balaban J connectivity index is 1.69. The molecule has 3 aromatic rings. The zero-order valence-corrected chi connectivity index (χ0v) is 15.6. The Morgan fingerprint density at radius 3 is 2.81 bits per heavy atom. The minimum atomic E-state index is -0.499. The molecule has 1 aromatic carbocycles. The summed E-state index contributed by atoms with van der Waals surface area (Å²) in [5.41, 5.74) is 5.60. The molecule has 2 N–H and O–H groups in total. The first kappa shape index (κ1) is 17.1. The number of aliphatic hydroxyl groups excluding tert-OH is 1. The van der Waals surface area contributed by atoms with Crippen LogP contribution in [0, 0.1) is 5.92 Å². The fourth-order valence-electron chi connectivity index (χ4n) is 3.26. The lowest BCUT2D eigenvalue weighted by molar-refractivity contribution is -0.117.